The zero-order chi connectivity index (χ0) is 10.3. The number of para-hydroxylation sites is 1. The maximum atomic E-state index is 5.91. The van der Waals surface area contributed by atoms with Crippen molar-refractivity contribution in [2.24, 2.45) is 0 Å². The van der Waals surface area contributed by atoms with Gasteiger partial charge in [-0.15, -0.1) is 0 Å². The summed E-state index contributed by atoms with van der Waals surface area (Å²) in [6.07, 6.45) is 6.34. The van der Waals surface area contributed by atoms with Gasteiger partial charge >= 0.3 is 89.4 Å². The Kier molecular flexibility index (Phi) is 1.88. The fraction of sp³-hybridized carbons (Fsp3) is 0.154. The third-order valence-corrected chi connectivity index (χ3v) is 2.87. The molecular formula is C13H11BO. The van der Waals surface area contributed by atoms with Crippen molar-refractivity contribution in [1.29, 1.82) is 0 Å². The maximum absolute atomic E-state index is 5.91. The average Bonchev–Trinajstić information content (AvgIpc) is 2.41. The summed E-state index contributed by atoms with van der Waals surface area (Å²) in [6, 6.07) is 8.29. The van der Waals surface area contributed by atoms with Crippen LogP contribution in [0.5, 0.6) is 5.75 Å². The number of fused-ring (bicyclic) bond motifs is 3. The van der Waals surface area contributed by atoms with E-state index >= 15 is 0 Å². The van der Waals surface area contributed by atoms with Gasteiger partial charge in [0.15, 0.2) is 0 Å². The van der Waals surface area contributed by atoms with Gasteiger partial charge in [-0.3, -0.25) is 0 Å². The Bertz CT molecular complexity index is 497. The van der Waals surface area contributed by atoms with Crippen molar-refractivity contribution in [3.63, 3.8) is 0 Å². The van der Waals surface area contributed by atoms with Crippen molar-refractivity contribution in [3.05, 3.63) is 53.6 Å². The number of allylic oxidation sites excluding steroid dienone is 3. The molecule has 0 saturated heterocycles. The standard InChI is InChI=1S/C13H11BO/c1-9-5-4-7-11-10-6-2-3-8-12(10)15-13(9)14-11/h2-8,13H,1H3. The molecule has 2 aliphatic heterocycles. The zero-order valence-electron chi connectivity index (χ0n) is 8.60. The number of rotatable bonds is 0. The van der Waals surface area contributed by atoms with E-state index < -0.39 is 0 Å². The van der Waals surface area contributed by atoms with Crippen molar-refractivity contribution < 1.29 is 4.74 Å². The van der Waals surface area contributed by atoms with Crippen molar-refractivity contribution >= 4 is 12.4 Å². The minimum absolute atomic E-state index is 0.102. The molecule has 0 N–H and O–H groups in total. The van der Waals surface area contributed by atoms with E-state index in [0.717, 1.165) is 5.75 Å². The van der Waals surface area contributed by atoms with Crippen LogP contribution in [0.2, 0.25) is 0 Å². The SMILES string of the molecule is CC1=CC=CC2=BC1Oc1ccccc12. The molecule has 0 fully saturated rings. The van der Waals surface area contributed by atoms with Crippen LogP contribution in [0.15, 0.2) is 48.1 Å². The summed E-state index contributed by atoms with van der Waals surface area (Å²) in [5, 5.41) is 0. The van der Waals surface area contributed by atoms with Crippen LogP contribution in [0.25, 0.3) is 0 Å². The Balaban J connectivity index is 2.18. The van der Waals surface area contributed by atoms with Crippen LogP contribution in [-0.4, -0.2) is 18.4 Å². The number of ether oxygens (including phenoxy) is 1. The molecule has 2 bridgehead atoms. The van der Waals surface area contributed by atoms with Gasteiger partial charge in [0.1, 0.15) is 0 Å². The Morgan fingerprint density at radius 1 is 1.27 bits per heavy atom. The summed E-state index contributed by atoms with van der Waals surface area (Å²) in [7, 11) is 0. The Morgan fingerprint density at radius 3 is 3.07 bits per heavy atom. The Hall–Kier alpha value is -1.57. The molecule has 0 amide bonds. The molecule has 0 aliphatic carbocycles. The van der Waals surface area contributed by atoms with Crippen molar-refractivity contribution in [2.45, 2.75) is 12.9 Å². The molecule has 72 valence electrons. The van der Waals surface area contributed by atoms with Gasteiger partial charge in [-0.25, -0.2) is 0 Å². The summed E-state index contributed by atoms with van der Waals surface area (Å²) >= 11 is 0. The summed E-state index contributed by atoms with van der Waals surface area (Å²) in [6.45, 7) is 4.28. The quantitative estimate of drug-likeness (QED) is 0.575. The Morgan fingerprint density at radius 2 is 2.13 bits per heavy atom. The molecule has 0 saturated carbocycles. The van der Waals surface area contributed by atoms with Gasteiger partial charge in [-0.1, -0.05) is 0 Å². The van der Waals surface area contributed by atoms with Crippen LogP contribution >= 0.6 is 0 Å². The first-order chi connectivity index (χ1) is 7.34. The topological polar surface area (TPSA) is 9.23 Å². The molecule has 0 spiro atoms. The predicted octanol–water partition coefficient (Wildman–Crippen LogP) is 2.15. The van der Waals surface area contributed by atoms with E-state index in [1.54, 1.807) is 0 Å². The molecule has 1 aromatic rings. The average molecular weight is 194 g/mol. The van der Waals surface area contributed by atoms with Crippen molar-refractivity contribution in [1.82, 2.24) is 0 Å². The molecule has 15 heavy (non-hydrogen) atoms. The third kappa shape index (κ3) is 1.37. The van der Waals surface area contributed by atoms with Gasteiger partial charge < -0.3 is 0 Å². The Labute approximate surface area is 90.0 Å². The van der Waals surface area contributed by atoms with E-state index in [-0.39, 0.29) is 6.00 Å². The summed E-state index contributed by atoms with van der Waals surface area (Å²) in [4.78, 5) is 0. The zero-order valence-corrected chi connectivity index (χ0v) is 8.60. The molecule has 3 rings (SSSR count). The van der Waals surface area contributed by atoms with E-state index in [1.165, 1.54) is 16.6 Å². The molecule has 2 heterocycles. The molecule has 2 aliphatic rings. The first-order valence-corrected chi connectivity index (χ1v) is 5.17. The predicted molar refractivity (Wildman–Crippen MR) is 63.6 cm³/mol. The number of hydrogen-bond donors (Lipinski definition) is 0. The normalized spacial score (nSPS) is 21.5. The third-order valence-electron chi connectivity index (χ3n) is 2.87. The van der Waals surface area contributed by atoms with Crippen LogP contribution in [0.1, 0.15) is 12.5 Å². The van der Waals surface area contributed by atoms with Crippen LogP contribution in [0.4, 0.5) is 0 Å². The molecule has 1 aromatic carbocycles. The molecule has 0 aromatic heterocycles. The van der Waals surface area contributed by atoms with Gasteiger partial charge in [0.25, 0.3) is 0 Å². The van der Waals surface area contributed by atoms with Gasteiger partial charge in [-0.05, 0) is 0 Å². The van der Waals surface area contributed by atoms with Crippen LogP contribution < -0.4 is 4.74 Å². The number of hydrogen-bond acceptors (Lipinski definition) is 1. The first-order valence-electron chi connectivity index (χ1n) is 5.17. The van der Waals surface area contributed by atoms with E-state index in [1.807, 2.05) is 18.2 Å². The van der Waals surface area contributed by atoms with Gasteiger partial charge in [0.2, 0.25) is 0 Å². The molecule has 1 atom stereocenters. The molecule has 1 nitrogen and oxygen atoms in total. The monoisotopic (exact) mass is 194 g/mol. The van der Waals surface area contributed by atoms with E-state index in [0.29, 0.717) is 0 Å². The van der Waals surface area contributed by atoms with Gasteiger partial charge in [0, 0.05) is 0 Å². The molecule has 1 unspecified atom stereocenters. The summed E-state index contributed by atoms with van der Waals surface area (Å²) < 4.78 is 5.91. The second-order valence-electron chi connectivity index (χ2n) is 3.93. The second-order valence-corrected chi connectivity index (χ2v) is 3.93. The molecular weight excluding hydrogens is 183 g/mol. The van der Waals surface area contributed by atoms with Crippen molar-refractivity contribution in [3.8, 4) is 5.75 Å². The van der Waals surface area contributed by atoms with Gasteiger partial charge in [0.05, 0.1) is 0 Å². The molecule has 2 heteroatoms. The summed E-state index contributed by atoms with van der Waals surface area (Å²) in [5.74, 6) is 0.985. The van der Waals surface area contributed by atoms with Crippen LogP contribution in [0.3, 0.4) is 0 Å². The van der Waals surface area contributed by atoms with Gasteiger partial charge in [-0.2, -0.15) is 0 Å². The van der Waals surface area contributed by atoms with Crippen molar-refractivity contribution in [2.75, 3.05) is 0 Å². The van der Waals surface area contributed by atoms with E-state index in [4.69, 9.17) is 4.74 Å². The van der Waals surface area contributed by atoms with Crippen LogP contribution in [-0.2, 0) is 0 Å². The number of benzene rings is 1. The minimum atomic E-state index is 0.102. The fourth-order valence-corrected chi connectivity index (χ4v) is 2.00. The summed E-state index contributed by atoms with van der Waals surface area (Å²) in [5.41, 5.74) is 3.69. The second kappa shape index (κ2) is 3.23. The van der Waals surface area contributed by atoms with E-state index in [2.05, 4.69) is 38.1 Å². The first kappa shape index (κ1) is 8.72. The fourth-order valence-electron chi connectivity index (χ4n) is 2.00. The molecule has 0 radical (unpaired) electrons. The van der Waals surface area contributed by atoms with Crippen LogP contribution in [0, 0.1) is 0 Å². The van der Waals surface area contributed by atoms with E-state index in [9.17, 15) is 0 Å².